The lowest BCUT2D eigenvalue weighted by molar-refractivity contribution is -0.122. The molecule has 2 aromatic carbocycles. The number of halogens is 3. The molecule has 0 bridgehead atoms. The summed E-state index contributed by atoms with van der Waals surface area (Å²) in [5.41, 5.74) is 0.704. The number of nitrogens with zero attached hydrogens (tertiary/aromatic N) is 2. The lowest BCUT2D eigenvalue weighted by Gasteiger charge is -2.29. The van der Waals surface area contributed by atoms with Crippen molar-refractivity contribution < 1.29 is 18.8 Å². The summed E-state index contributed by atoms with van der Waals surface area (Å²) < 4.78 is 14.9. The van der Waals surface area contributed by atoms with Crippen LogP contribution in [0.1, 0.15) is 15.7 Å². The third-order valence-electron chi connectivity index (χ3n) is 6.49. The highest BCUT2D eigenvalue weighted by Gasteiger charge is 2.57. The molecule has 6 rings (SSSR count). The average molecular weight is 621 g/mol. The molecular weight excluding hydrogens is 604 g/mol. The minimum Gasteiger partial charge on any atom is -0.324 e. The van der Waals surface area contributed by atoms with Gasteiger partial charge in [-0.3, -0.25) is 23.7 Å². The van der Waals surface area contributed by atoms with Crippen molar-refractivity contribution in [2.24, 2.45) is 5.92 Å². The summed E-state index contributed by atoms with van der Waals surface area (Å²) in [4.78, 5) is 55.6. The summed E-state index contributed by atoms with van der Waals surface area (Å²) in [6, 6.07) is 13.6. The first-order chi connectivity index (χ1) is 18.7. The molecule has 4 heterocycles. The monoisotopic (exact) mass is 619 g/mol. The Balaban J connectivity index is 1.37. The Morgan fingerprint density at radius 1 is 1.00 bits per heavy atom. The Morgan fingerprint density at radius 3 is 2.46 bits per heavy atom. The quantitative estimate of drug-likeness (QED) is 0.283. The van der Waals surface area contributed by atoms with Gasteiger partial charge >= 0.3 is 4.87 Å². The second-order valence-electron chi connectivity index (χ2n) is 8.85. The van der Waals surface area contributed by atoms with E-state index >= 15 is 0 Å². The van der Waals surface area contributed by atoms with E-state index in [4.69, 9.17) is 23.2 Å². The van der Waals surface area contributed by atoms with E-state index in [1.54, 1.807) is 12.1 Å². The second-order valence-corrected chi connectivity index (χ2v) is 12.8. The fourth-order valence-electron chi connectivity index (χ4n) is 4.79. The second kappa shape index (κ2) is 10.2. The maximum Gasteiger partial charge on any atom is 0.308 e. The van der Waals surface area contributed by atoms with Crippen LogP contribution in [0.25, 0.3) is 0 Å². The van der Waals surface area contributed by atoms with Crippen LogP contribution in [0.5, 0.6) is 0 Å². The van der Waals surface area contributed by atoms with Gasteiger partial charge in [0.15, 0.2) is 0 Å². The molecule has 2 aliphatic rings. The molecular formula is C26H16Cl2FN3O4S3. The first-order valence-corrected chi connectivity index (χ1v) is 14.9. The number of hydrogen-bond acceptors (Lipinski definition) is 7. The van der Waals surface area contributed by atoms with Crippen LogP contribution in [0, 0.1) is 11.7 Å². The summed E-state index contributed by atoms with van der Waals surface area (Å²) in [6.45, 7) is -0.295. The van der Waals surface area contributed by atoms with Crippen molar-refractivity contribution in [1.82, 2.24) is 4.57 Å². The minimum atomic E-state index is -0.819. The van der Waals surface area contributed by atoms with Gasteiger partial charge in [-0.05, 0) is 53.9 Å². The standard InChI is InChI=1S/C26H16Cl2FN3O4S3/c27-15-8-5-13(10-16(15)28)30-18(33)11-31-25-22(39-26(31)36)19(17-2-1-9-37-17)20-21(38-25)24(35)32(23(20)34)14-6-3-12(29)4-7-14/h1-10,19-21H,11H2,(H,30,33)/t19-,20?,21?/m1/s1. The van der Waals surface area contributed by atoms with Crippen LogP contribution < -0.4 is 15.1 Å². The lowest BCUT2D eigenvalue weighted by Crippen LogP contribution is -2.32. The molecule has 0 aliphatic carbocycles. The predicted molar refractivity (Wildman–Crippen MR) is 152 cm³/mol. The Bertz CT molecular complexity index is 1690. The van der Waals surface area contributed by atoms with E-state index < -0.39 is 40.6 Å². The predicted octanol–water partition coefficient (Wildman–Crippen LogP) is 5.85. The van der Waals surface area contributed by atoms with Crippen LogP contribution in [-0.2, 0) is 20.9 Å². The van der Waals surface area contributed by atoms with Gasteiger partial charge in [-0.2, -0.15) is 0 Å². The molecule has 2 aliphatic heterocycles. The maximum atomic E-state index is 13.7. The number of thioether (sulfide) groups is 1. The van der Waals surface area contributed by atoms with Gasteiger partial charge in [0, 0.05) is 21.4 Å². The molecule has 3 atom stereocenters. The Morgan fingerprint density at radius 2 is 1.77 bits per heavy atom. The molecule has 1 saturated heterocycles. The molecule has 4 aromatic rings. The van der Waals surface area contributed by atoms with Crippen molar-refractivity contribution in [2.75, 3.05) is 10.2 Å². The molecule has 7 nitrogen and oxygen atoms in total. The number of rotatable bonds is 5. The zero-order chi connectivity index (χ0) is 27.4. The SMILES string of the molecule is O=C(Cn1c2c(sc1=O)[C@H](c1cccs1)C1C(=O)N(c3ccc(F)cc3)C(=O)C1S2)Nc1ccc(Cl)c(Cl)c1. The highest BCUT2D eigenvalue weighted by molar-refractivity contribution is 8.00. The van der Waals surface area contributed by atoms with Crippen LogP contribution in [-0.4, -0.2) is 27.5 Å². The van der Waals surface area contributed by atoms with E-state index in [2.05, 4.69) is 5.32 Å². The number of thiophene rings is 1. The number of anilines is 2. The van der Waals surface area contributed by atoms with E-state index in [9.17, 15) is 23.6 Å². The molecule has 1 N–H and O–H groups in total. The molecule has 0 saturated carbocycles. The number of carbonyl (C=O) groups is 3. The number of imide groups is 1. The minimum absolute atomic E-state index is 0.273. The largest absolute Gasteiger partial charge is 0.324 e. The summed E-state index contributed by atoms with van der Waals surface area (Å²) in [6.07, 6.45) is 0. The number of benzene rings is 2. The molecule has 0 spiro atoms. The summed E-state index contributed by atoms with van der Waals surface area (Å²) >= 11 is 15.5. The van der Waals surface area contributed by atoms with Crippen molar-refractivity contribution in [3.8, 4) is 0 Å². The van der Waals surface area contributed by atoms with Crippen LogP contribution in [0.3, 0.4) is 0 Å². The number of hydrogen-bond donors (Lipinski definition) is 1. The van der Waals surface area contributed by atoms with Gasteiger partial charge in [-0.25, -0.2) is 9.29 Å². The lowest BCUT2D eigenvalue weighted by atomic mass is 9.87. The number of nitrogens with one attached hydrogen (secondary N) is 1. The van der Waals surface area contributed by atoms with Crippen LogP contribution in [0.15, 0.2) is 69.8 Å². The molecule has 1 fully saturated rings. The molecule has 2 unspecified atom stereocenters. The summed E-state index contributed by atoms with van der Waals surface area (Å²) in [7, 11) is 0. The third-order valence-corrected chi connectivity index (χ3v) is 10.8. The first-order valence-electron chi connectivity index (χ1n) is 11.5. The number of thiazole rings is 1. The molecule has 3 amide bonds. The molecule has 198 valence electrons. The van der Waals surface area contributed by atoms with Gasteiger partial charge in [0.1, 0.15) is 17.6 Å². The number of aromatic nitrogens is 1. The van der Waals surface area contributed by atoms with Crippen LogP contribution in [0.2, 0.25) is 10.0 Å². The average Bonchev–Trinajstić information content (AvgIpc) is 3.60. The van der Waals surface area contributed by atoms with Crippen molar-refractivity contribution in [3.63, 3.8) is 0 Å². The first kappa shape index (κ1) is 26.3. The van der Waals surface area contributed by atoms with Gasteiger partial charge in [0.2, 0.25) is 17.7 Å². The highest BCUT2D eigenvalue weighted by atomic mass is 35.5. The third kappa shape index (κ3) is 4.62. The highest BCUT2D eigenvalue weighted by Crippen LogP contribution is 2.54. The Labute approximate surface area is 243 Å². The van der Waals surface area contributed by atoms with Gasteiger partial charge in [-0.1, -0.05) is 52.4 Å². The summed E-state index contributed by atoms with van der Waals surface area (Å²) in [5.74, 6) is -3.09. The van der Waals surface area contributed by atoms with Gasteiger partial charge in [0.25, 0.3) is 0 Å². The van der Waals surface area contributed by atoms with Crippen molar-refractivity contribution in [2.45, 2.75) is 22.7 Å². The normalized spacial score (nSPS) is 20.2. The van der Waals surface area contributed by atoms with Crippen molar-refractivity contribution >= 4 is 86.7 Å². The van der Waals surface area contributed by atoms with Crippen molar-refractivity contribution in [3.05, 3.63) is 95.3 Å². The zero-order valence-electron chi connectivity index (χ0n) is 19.6. The van der Waals surface area contributed by atoms with Crippen LogP contribution in [0.4, 0.5) is 15.8 Å². The fraction of sp³-hybridized carbons (Fsp3) is 0.154. The zero-order valence-corrected chi connectivity index (χ0v) is 23.6. The molecule has 39 heavy (non-hydrogen) atoms. The molecule has 0 radical (unpaired) electrons. The Kier molecular flexibility index (Phi) is 6.88. The van der Waals surface area contributed by atoms with E-state index in [-0.39, 0.29) is 22.1 Å². The van der Waals surface area contributed by atoms with Crippen LogP contribution >= 0.6 is 57.6 Å². The van der Waals surface area contributed by atoms with Gasteiger partial charge in [0.05, 0.1) is 26.7 Å². The Hall–Kier alpha value is -2.96. The van der Waals surface area contributed by atoms with E-state index in [1.807, 2.05) is 17.5 Å². The number of carbonyl (C=O) groups excluding carboxylic acids is 3. The van der Waals surface area contributed by atoms with Gasteiger partial charge < -0.3 is 5.32 Å². The van der Waals surface area contributed by atoms with Crippen molar-refractivity contribution in [1.29, 1.82) is 0 Å². The van der Waals surface area contributed by atoms with Gasteiger partial charge in [-0.15, -0.1) is 11.3 Å². The topological polar surface area (TPSA) is 88.5 Å². The van der Waals surface area contributed by atoms with E-state index in [0.717, 1.165) is 32.9 Å². The molecule has 13 heteroatoms. The smallest absolute Gasteiger partial charge is 0.308 e. The maximum absolute atomic E-state index is 13.7. The fourth-order valence-corrected chi connectivity index (χ4v) is 8.81. The number of amides is 3. The number of fused-ring (bicyclic) bond motifs is 2. The molecule has 2 aromatic heterocycles. The van der Waals surface area contributed by atoms with E-state index in [1.165, 1.54) is 46.2 Å². The summed E-state index contributed by atoms with van der Waals surface area (Å²) in [5, 5.41) is 4.86. The van der Waals surface area contributed by atoms with E-state index in [0.29, 0.717) is 20.6 Å².